The van der Waals surface area contributed by atoms with E-state index in [1.165, 1.54) is 11.3 Å². The highest BCUT2D eigenvalue weighted by atomic mass is 32.1. The van der Waals surface area contributed by atoms with Gasteiger partial charge < -0.3 is 10.0 Å². The van der Waals surface area contributed by atoms with Crippen LogP contribution in [0.1, 0.15) is 45.7 Å². The van der Waals surface area contributed by atoms with Crippen LogP contribution in [0, 0.1) is 0 Å². The van der Waals surface area contributed by atoms with Gasteiger partial charge in [-0.15, -0.1) is 11.3 Å². The molecular weight excluding hydrogens is 290 g/mol. The van der Waals surface area contributed by atoms with Crippen LogP contribution in [0.5, 0.6) is 0 Å². The molecule has 1 aliphatic rings. The number of carbonyl (C=O) groups excluding carboxylic acids is 1. The molecule has 0 radical (unpaired) electrons. The molecule has 7 heteroatoms. The van der Waals surface area contributed by atoms with Crippen LogP contribution in [0.15, 0.2) is 5.38 Å². The van der Waals surface area contributed by atoms with Crippen molar-refractivity contribution in [3.8, 4) is 0 Å². The van der Waals surface area contributed by atoms with Gasteiger partial charge >= 0.3 is 12.0 Å². The van der Waals surface area contributed by atoms with Gasteiger partial charge in [-0.1, -0.05) is 20.8 Å². The molecule has 2 amide bonds. The summed E-state index contributed by atoms with van der Waals surface area (Å²) >= 11 is 1.39. The fourth-order valence-electron chi connectivity index (χ4n) is 1.89. The number of carboxylic acid groups (broad SMARTS) is 1. The second kappa shape index (κ2) is 6.01. The Labute approximate surface area is 128 Å². The maximum absolute atomic E-state index is 12.3. The Bertz CT molecular complexity index is 532. The van der Waals surface area contributed by atoms with Crippen LogP contribution in [0.2, 0.25) is 0 Å². The summed E-state index contributed by atoms with van der Waals surface area (Å²) in [6.45, 7) is 6.44. The van der Waals surface area contributed by atoms with E-state index in [0.29, 0.717) is 5.13 Å². The van der Waals surface area contributed by atoms with E-state index in [-0.39, 0.29) is 30.5 Å². The largest absolute Gasteiger partial charge is 0.481 e. The van der Waals surface area contributed by atoms with Crippen molar-refractivity contribution in [2.45, 2.75) is 51.5 Å². The van der Waals surface area contributed by atoms with Crippen LogP contribution in [0.25, 0.3) is 0 Å². The van der Waals surface area contributed by atoms with Gasteiger partial charge in [0.15, 0.2) is 5.13 Å². The first kappa shape index (κ1) is 15.8. The lowest BCUT2D eigenvalue weighted by atomic mass is 9.93. The molecule has 0 aromatic carbocycles. The molecule has 1 aliphatic carbocycles. The third-order valence-electron chi connectivity index (χ3n) is 3.30. The number of hydrogen-bond acceptors (Lipinski definition) is 4. The molecule has 2 rings (SSSR count). The van der Waals surface area contributed by atoms with Crippen molar-refractivity contribution >= 4 is 28.5 Å². The van der Waals surface area contributed by atoms with Crippen LogP contribution in [0.3, 0.4) is 0 Å². The quantitative estimate of drug-likeness (QED) is 0.876. The number of carbonyl (C=O) groups is 2. The first-order chi connectivity index (χ1) is 9.77. The highest BCUT2D eigenvalue weighted by Crippen LogP contribution is 2.29. The van der Waals surface area contributed by atoms with Gasteiger partial charge in [-0.3, -0.25) is 10.1 Å². The number of nitrogens with one attached hydrogen (secondary N) is 1. The number of carboxylic acids is 1. The molecule has 0 saturated heterocycles. The third kappa shape index (κ3) is 4.42. The predicted molar refractivity (Wildman–Crippen MR) is 81.8 cm³/mol. The van der Waals surface area contributed by atoms with Crippen molar-refractivity contribution in [1.29, 1.82) is 0 Å². The Morgan fingerprint density at radius 2 is 2.14 bits per heavy atom. The fraction of sp³-hybridized carbons (Fsp3) is 0.643. The van der Waals surface area contributed by atoms with E-state index >= 15 is 0 Å². The van der Waals surface area contributed by atoms with E-state index < -0.39 is 5.97 Å². The van der Waals surface area contributed by atoms with E-state index in [9.17, 15) is 9.59 Å². The van der Waals surface area contributed by atoms with Gasteiger partial charge in [-0.25, -0.2) is 9.78 Å². The third-order valence-corrected chi connectivity index (χ3v) is 4.06. The summed E-state index contributed by atoms with van der Waals surface area (Å²) in [5.41, 5.74) is 0.880. The number of amides is 2. The molecule has 0 unspecified atom stereocenters. The first-order valence-corrected chi connectivity index (χ1v) is 7.91. The first-order valence-electron chi connectivity index (χ1n) is 7.03. The fourth-order valence-corrected chi connectivity index (χ4v) is 2.82. The van der Waals surface area contributed by atoms with Crippen LogP contribution in [-0.4, -0.2) is 39.6 Å². The van der Waals surface area contributed by atoms with Crippen LogP contribution in [0.4, 0.5) is 9.93 Å². The summed E-state index contributed by atoms with van der Waals surface area (Å²) in [4.78, 5) is 29.0. The molecule has 0 bridgehead atoms. The van der Waals surface area contributed by atoms with Crippen molar-refractivity contribution in [3.63, 3.8) is 0 Å². The minimum Gasteiger partial charge on any atom is -0.481 e. The number of aromatic nitrogens is 1. The zero-order valence-electron chi connectivity index (χ0n) is 12.5. The van der Waals surface area contributed by atoms with Gasteiger partial charge in [0, 0.05) is 23.4 Å². The number of anilines is 1. The Hall–Kier alpha value is -1.63. The summed E-state index contributed by atoms with van der Waals surface area (Å²) in [5, 5.41) is 14.0. The molecule has 0 atom stereocenters. The zero-order chi connectivity index (χ0) is 15.6. The molecule has 1 aromatic heterocycles. The number of aliphatic carboxylic acids is 1. The summed E-state index contributed by atoms with van der Waals surface area (Å²) in [6, 6.07) is -0.0834. The van der Waals surface area contributed by atoms with Crippen LogP contribution < -0.4 is 5.32 Å². The van der Waals surface area contributed by atoms with E-state index in [4.69, 9.17) is 5.11 Å². The lowest BCUT2D eigenvalue weighted by Crippen LogP contribution is -2.38. The average molecular weight is 311 g/mol. The molecule has 1 fully saturated rings. The Balaban J connectivity index is 1.98. The molecule has 0 spiro atoms. The molecule has 6 nitrogen and oxygen atoms in total. The Morgan fingerprint density at radius 3 is 2.62 bits per heavy atom. The minimum absolute atomic E-state index is 0.0327. The van der Waals surface area contributed by atoms with Crippen LogP contribution in [-0.2, 0) is 10.2 Å². The lowest BCUT2D eigenvalue weighted by molar-refractivity contribution is -0.137. The smallest absolute Gasteiger partial charge is 0.323 e. The van der Waals surface area contributed by atoms with Gasteiger partial charge in [-0.2, -0.15) is 0 Å². The van der Waals surface area contributed by atoms with Crippen molar-refractivity contribution in [2.24, 2.45) is 0 Å². The summed E-state index contributed by atoms with van der Waals surface area (Å²) in [6.07, 6.45) is 1.85. The van der Waals surface area contributed by atoms with Gasteiger partial charge in [0.05, 0.1) is 12.1 Å². The molecule has 116 valence electrons. The zero-order valence-corrected chi connectivity index (χ0v) is 13.4. The van der Waals surface area contributed by atoms with E-state index in [2.05, 4.69) is 31.1 Å². The number of urea groups is 1. The average Bonchev–Trinajstić information content (AvgIpc) is 3.06. The molecule has 1 heterocycles. The van der Waals surface area contributed by atoms with Crippen LogP contribution >= 0.6 is 11.3 Å². The minimum atomic E-state index is -0.891. The number of rotatable bonds is 5. The second-order valence-corrected chi connectivity index (χ2v) is 7.14. The predicted octanol–water partition coefficient (Wildman–Crippen LogP) is 2.91. The standard InChI is InChI=1S/C14H21N3O3S/c1-14(2,3)10-8-21-12(15-10)16-13(20)17(9-4-5-9)7-6-11(18)19/h8-9H,4-7H2,1-3H3,(H,18,19)(H,15,16,20). The van der Waals surface area contributed by atoms with Crippen molar-refractivity contribution < 1.29 is 14.7 Å². The molecule has 21 heavy (non-hydrogen) atoms. The Kier molecular flexibility index (Phi) is 4.51. The van der Waals surface area contributed by atoms with Gasteiger partial charge in [0.25, 0.3) is 0 Å². The highest BCUT2D eigenvalue weighted by molar-refractivity contribution is 7.13. The van der Waals surface area contributed by atoms with E-state index in [0.717, 1.165) is 18.5 Å². The van der Waals surface area contributed by atoms with E-state index in [1.807, 2.05) is 5.38 Å². The van der Waals surface area contributed by atoms with E-state index in [1.54, 1.807) is 4.90 Å². The monoisotopic (exact) mass is 311 g/mol. The topological polar surface area (TPSA) is 82.5 Å². The summed E-state index contributed by atoms with van der Waals surface area (Å²) in [7, 11) is 0. The highest BCUT2D eigenvalue weighted by Gasteiger charge is 2.33. The van der Waals surface area contributed by atoms with Gasteiger partial charge in [0.2, 0.25) is 0 Å². The van der Waals surface area contributed by atoms with Crippen molar-refractivity contribution in [3.05, 3.63) is 11.1 Å². The van der Waals surface area contributed by atoms with Crippen molar-refractivity contribution in [2.75, 3.05) is 11.9 Å². The number of hydrogen-bond donors (Lipinski definition) is 2. The normalized spacial score (nSPS) is 14.8. The molecular formula is C14H21N3O3S. The molecule has 0 aliphatic heterocycles. The molecule has 1 aromatic rings. The number of nitrogens with zero attached hydrogens (tertiary/aromatic N) is 2. The summed E-state index contributed by atoms with van der Waals surface area (Å²) in [5.74, 6) is -0.891. The second-order valence-electron chi connectivity index (χ2n) is 6.29. The molecule has 1 saturated carbocycles. The van der Waals surface area contributed by atoms with Gasteiger partial charge in [-0.05, 0) is 12.8 Å². The SMILES string of the molecule is CC(C)(C)c1csc(NC(=O)N(CCC(=O)O)C2CC2)n1. The summed E-state index contributed by atoms with van der Waals surface area (Å²) < 4.78 is 0. The van der Waals surface area contributed by atoms with Crippen molar-refractivity contribution in [1.82, 2.24) is 9.88 Å². The lowest BCUT2D eigenvalue weighted by Gasteiger charge is -2.21. The maximum Gasteiger partial charge on any atom is 0.323 e. The molecule has 2 N–H and O–H groups in total. The maximum atomic E-state index is 12.3. The number of thiazole rings is 1. The Morgan fingerprint density at radius 1 is 1.48 bits per heavy atom. The van der Waals surface area contributed by atoms with Gasteiger partial charge in [0.1, 0.15) is 0 Å².